The highest BCUT2D eigenvalue weighted by molar-refractivity contribution is 7.18. The van der Waals surface area contributed by atoms with Gasteiger partial charge in [0, 0.05) is 24.0 Å². The van der Waals surface area contributed by atoms with Gasteiger partial charge in [0.2, 0.25) is 0 Å². The molecule has 3 N–H and O–H groups in total. The van der Waals surface area contributed by atoms with Crippen molar-refractivity contribution in [2.45, 2.75) is 12.2 Å². The first-order chi connectivity index (χ1) is 15.2. The van der Waals surface area contributed by atoms with Gasteiger partial charge in [0.1, 0.15) is 23.0 Å². The summed E-state index contributed by atoms with van der Waals surface area (Å²) < 4.78 is 59.7. The van der Waals surface area contributed by atoms with E-state index in [-0.39, 0.29) is 34.6 Å². The second-order valence-corrected chi connectivity index (χ2v) is 8.12. The van der Waals surface area contributed by atoms with Crippen molar-refractivity contribution in [3.05, 3.63) is 53.1 Å². The van der Waals surface area contributed by atoms with Crippen LogP contribution in [0.2, 0.25) is 5.02 Å². The van der Waals surface area contributed by atoms with Gasteiger partial charge in [-0.05, 0) is 18.2 Å². The molecule has 3 aromatic heterocycles. The van der Waals surface area contributed by atoms with Crippen molar-refractivity contribution < 1.29 is 27.4 Å². The third-order valence-electron chi connectivity index (χ3n) is 4.36. The summed E-state index contributed by atoms with van der Waals surface area (Å²) in [6.07, 6.45) is -2.14. The molecule has 0 bridgehead atoms. The predicted octanol–water partition coefficient (Wildman–Crippen LogP) is 4.03. The van der Waals surface area contributed by atoms with E-state index in [2.05, 4.69) is 15.2 Å². The lowest BCUT2D eigenvalue weighted by atomic mass is 10.2. The molecule has 1 aromatic carbocycles. The smallest absolute Gasteiger partial charge is 0.417 e. The van der Waals surface area contributed by atoms with Gasteiger partial charge in [-0.15, -0.1) is 10.2 Å². The van der Waals surface area contributed by atoms with E-state index in [4.69, 9.17) is 27.2 Å². The van der Waals surface area contributed by atoms with Crippen LogP contribution < -0.4 is 10.5 Å². The van der Waals surface area contributed by atoms with Gasteiger partial charge in [-0.2, -0.15) is 13.2 Å². The van der Waals surface area contributed by atoms with E-state index in [1.165, 1.54) is 22.7 Å². The van der Waals surface area contributed by atoms with Gasteiger partial charge in [0.05, 0.1) is 23.2 Å². The summed E-state index contributed by atoms with van der Waals surface area (Å²) in [5.41, 5.74) is 5.60. The van der Waals surface area contributed by atoms with Crippen LogP contribution in [0, 0.1) is 5.82 Å². The number of alkyl halides is 3. The molecule has 0 fully saturated rings. The first-order valence-corrected chi connectivity index (χ1v) is 10.2. The van der Waals surface area contributed by atoms with Crippen LogP contribution >= 0.6 is 22.9 Å². The van der Waals surface area contributed by atoms with Gasteiger partial charge in [0.25, 0.3) is 0 Å². The molecular weight excluding hydrogens is 474 g/mol. The molecule has 4 aromatic rings. The average molecular weight is 488 g/mol. The summed E-state index contributed by atoms with van der Waals surface area (Å²) in [5.74, 6) is -0.841. The second kappa shape index (κ2) is 8.62. The van der Waals surface area contributed by atoms with E-state index in [0.717, 1.165) is 29.7 Å². The molecule has 0 aliphatic rings. The van der Waals surface area contributed by atoms with Gasteiger partial charge in [-0.25, -0.2) is 9.37 Å². The third-order valence-corrected chi connectivity index (χ3v) is 5.65. The number of aromatic nitrogens is 4. The quantitative estimate of drug-likeness (QED) is 0.398. The van der Waals surface area contributed by atoms with Gasteiger partial charge < -0.3 is 20.0 Å². The zero-order chi connectivity index (χ0) is 23.0. The fourth-order valence-corrected chi connectivity index (χ4v) is 3.88. The van der Waals surface area contributed by atoms with Crippen LogP contribution in [0.4, 0.5) is 17.6 Å². The number of aliphatic hydroxyl groups is 1. The zero-order valence-corrected chi connectivity index (χ0v) is 17.5. The Morgan fingerprint density at radius 3 is 2.66 bits per heavy atom. The molecule has 4 rings (SSSR count). The summed E-state index contributed by atoms with van der Waals surface area (Å²) >= 11 is 7.30. The topological polar surface area (TPSA) is 98.6 Å². The minimum absolute atomic E-state index is 0.101. The number of nitrogens with zero attached hydrogens (tertiary/aromatic N) is 4. The highest BCUT2D eigenvalue weighted by Gasteiger charge is 2.31. The number of hydrogen-bond acceptors (Lipinski definition) is 7. The molecule has 13 heteroatoms. The van der Waals surface area contributed by atoms with Crippen molar-refractivity contribution in [3.63, 3.8) is 0 Å². The number of ether oxygens (including phenoxy) is 1. The molecule has 0 radical (unpaired) electrons. The fraction of sp³-hybridized carbons (Fsp3) is 0.211. The van der Waals surface area contributed by atoms with E-state index < -0.39 is 23.6 Å². The number of pyridine rings is 1. The number of nitrogens with two attached hydrogens (primary N) is 1. The summed E-state index contributed by atoms with van der Waals surface area (Å²) in [6, 6.07) is 3.92. The predicted molar refractivity (Wildman–Crippen MR) is 110 cm³/mol. The average Bonchev–Trinajstić information content (AvgIpc) is 3.39. The van der Waals surface area contributed by atoms with E-state index in [1.54, 1.807) is 0 Å². The van der Waals surface area contributed by atoms with E-state index >= 15 is 0 Å². The maximum atomic E-state index is 14.4. The lowest BCUT2D eigenvalue weighted by Gasteiger charge is -2.12. The Kier molecular flexibility index (Phi) is 6.03. The Bertz CT molecular complexity index is 1280. The Labute approximate surface area is 187 Å². The van der Waals surface area contributed by atoms with Crippen molar-refractivity contribution in [3.8, 4) is 27.0 Å². The molecule has 0 amide bonds. The highest BCUT2D eigenvalue weighted by atomic mass is 35.5. The summed E-state index contributed by atoms with van der Waals surface area (Å²) in [7, 11) is 0. The number of hydrogen-bond donors (Lipinski definition) is 2. The normalized spacial score (nSPS) is 13.0. The Morgan fingerprint density at radius 1 is 1.19 bits per heavy atom. The molecule has 168 valence electrons. The van der Waals surface area contributed by atoms with E-state index in [9.17, 15) is 17.6 Å². The minimum Gasteiger partial charge on any atom is -0.489 e. The van der Waals surface area contributed by atoms with E-state index in [1.807, 2.05) is 0 Å². The van der Waals surface area contributed by atoms with Gasteiger partial charge in [0.15, 0.2) is 16.6 Å². The van der Waals surface area contributed by atoms with Crippen LogP contribution in [-0.2, 0) is 6.18 Å². The molecule has 0 aliphatic carbocycles. The second-order valence-electron chi connectivity index (χ2n) is 6.74. The van der Waals surface area contributed by atoms with E-state index in [0.29, 0.717) is 16.3 Å². The zero-order valence-electron chi connectivity index (χ0n) is 16.0. The van der Waals surface area contributed by atoms with Crippen molar-refractivity contribution >= 4 is 28.6 Å². The molecule has 32 heavy (non-hydrogen) atoms. The van der Waals surface area contributed by atoms with Crippen LogP contribution in [0.25, 0.3) is 26.9 Å². The van der Waals surface area contributed by atoms with Gasteiger partial charge >= 0.3 is 6.18 Å². The molecule has 7 nitrogen and oxygen atoms in total. The Hall–Kier alpha value is -2.80. The molecule has 0 spiro atoms. The first-order valence-electron chi connectivity index (χ1n) is 9.04. The number of fused-ring (bicyclic) bond motifs is 1. The number of rotatable bonds is 6. The summed E-state index contributed by atoms with van der Waals surface area (Å²) in [5, 5.41) is 17.7. The molecule has 3 heterocycles. The van der Waals surface area contributed by atoms with Gasteiger partial charge in [-0.1, -0.05) is 22.9 Å². The van der Waals surface area contributed by atoms with Gasteiger partial charge in [-0.3, -0.25) is 0 Å². The number of aliphatic hydroxyl groups excluding tert-OH is 1. The van der Waals surface area contributed by atoms with Crippen LogP contribution in [0.3, 0.4) is 0 Å². The molecule has 0 saturated carbocycles. The Balaban J connectivity index is 1.62. The first kappa shape index (κ1) is 22.4. The molecule has 0 aliphatic heterocycles. The van der Waals surface area contributed by atoms with Crippen LogP contribution in [0.15, 0.2) is 36.7 Å². The molecular formula is C19H14ClF4N5O2S. The maximum absolute atomic E-state index is 14.4. The standard InChI is InChI=1S/C19H14ClF4N5O2S/c20-12-4-15(31-8-10(25)7-30)13(21)3-11(12)17-27-28-18(32-17)14-6-29-5-9(19(22,23)24)1-2-16(29)26-14/h1-6,10,30H,7-8,25H2. The summed E-state index contributed by atoms with van der Waals surface area (Å²) in [6.45, 7) is -0.419. The fourth-order valence-electron chi connectivity index (χ4n) is 2.75. The van der Waals surface area contributed by atoms with Crippen molar-refractivity contribution in [2.24, 2.45) is 5.73 Å². The highest BCUT2D eigenvalue weighted by Crippen LogP contribution is 2.37. The molecule has 1 atom stereocenters. The lowest BCUT2D eigenvalue weighted by Crippen LogP contribution is -2.31. The lowest BCUT2D eigenvalue weighted by molar-refractivity contribution is -0.137. The maximum Gasteiger partial charge on any atom is 0.417 e. The van der Waals surface area contributed by atoms with Crippen LogP contribution in [0.1, 0.15) is 5.56 Å². The number of benzene rings is 1. The number of imidazole rings is 1. The molecule has 0 saturated heterocycles. The summed E-state index contributed by atoms with van der Waals surface area (Å²) in [4.78, 5) is 4.26. The van der Waals surface area contributed by atoms with Crippen molar-refractivity contribution in [2.75, 3.05) is 13.2 Å². The van der Waals surface area contributed by atoms with Crippen LogP contribution in [0.5, 0.6) is 5.75 Å². The SMILES string of the molecule is NC(CO)COc1cc(Cl)c(-c2nnc(-c3cn4cc(C(F)(F)F)ccc4n3)s2)cc1F. The Morgan fingerprint density at radius 2 is 1.94 bits per heavy atom. The van der Waals surface area contributed by atoms with Crippen molar-refractivity contribution in [1.29, 1.82) is 0 Å². The molecule has 1 unspecified atom stereocenters. The minimum atomic E-state index is -4.48. The number of halogens is 5. The largest absolute Gasteiger partial charge is 0.489 e. The third kappa shape index (κ3) is 4.53. The van der Waals surface area contributed by atoms with Crippen molar-refractivity contribution in [1.82, 2.24) is 19.6 Å². The monoisotopic (exact) mass is 487 g/mol. The van der Waals surface area contributed by atoms with Crippen LogP contribution in [-0.4, -0.2) is 43.9 Å².